The molecule has 57 heavy (non-hydrogen) atoms. The summed E-state index contributed by atoms with van der Waals surface area (Å²) in [5.41, 5.74) is 2.99. The van der Waals surface area contributed by atoms with Gasteiger partial charge in [0.2, 0.25) is 0 Å². The summed E-state index contributed by atoms with van der Waals surface area (Å²) in [5.74, 6) is 0.327. The maximum Gasteiger partial charge on any atom is 0.192 e. The summed E-state index contributed by atoms with van der Waals surface area (Å²) in [6.45, 7) is 43.4. The first-order chi connectivity index (χ1) is 26.0. The molecule has 1 aliphatic carbocycles. The lowest BCUT2D eigenvalue weighted by Gasteiger charge is -2.53. The molecule has 6 nitrogen and oxygen atoms in total. The van der Waals surface area contributed by atoms with E-state index in [2.05, 4.69) is 152 Å². The number of carbonyl (C=O) groups is 1. The van der Waals surface area contributed by atoms with Crippen LogP contribution < -0.4 is 0 Å². The Hall–Kier alpha value is -1.21. The van der Waals surface area contributed by atoms with Crippen LogP contribution in [0.4, 0.5) is 0 Å². The number of aliphatic hydroxyl groups is 1. The number of Topliss-reactive ketones (excluding diaryl/α,β-unsaturated/α-hetero) is 1. The van der Waals surface area contributed by atoms with E-state index in [0.717, 1.165) is 57.1 Å². The molecular formula is C48H89NO5Si3. The van der Waals surface area contributed by atoms with Crippen LogP contribution in [0.2, 0.25) is 54.4 Å². The second-order valence-corrected chi connectivity index (χ2v) is 36.5. The lowest BCUT2D eigenvalue weighted by Crippen LogP contribution is -2.58. The number of ketones is 1. The molecule has 1 heterocycles. The molecule has 9 heteroatoms. The van der Waals surface area contributed by atoms with Gasteiger partial charge >= 0.3 is 0 Å². The monoisotopic (exact) mass is 844 g/mol. The average Bonchev–Trinajstić information content (AvgIpc) is 3.04. The lowest BCUT2D eigenvalue weighted by atomic mass is 9.58. The van der Waals surface area contributed by atoms with Crippen LogP contribution in [0.5, 0.6) is 0 Å². The Labute approximate surface area is 355 Å². The van der Waals surface area contributed by atoms with Gasteiger partial charge in [-0.05, 0) is 149 Å². The fourth-order valence-corrected chi connectivity index (χ4v) is 11.5. The Morgan fingerprint density at radius 2 is 1.40 bits per heavy atom. The predicted octanol–water partition coefficient (Wildman–Crippen LogP) is 13.9. The van der Waals surface area contributed by atoms with E-state index in [0.29, 0.717) is 12.2 Å². The van der Waals surface area contributed by atoms with Crippen molar-refractivity contribution in [1.29, 1.82) is 0 Å². The summed E-state index contributed by atoms with van der Waals surface area (Å²) >= 11 is 0. The van der Waals surface area contributed by atoms with Gasteiger partial charge in [-0.15, -0.1) is 0 Å². The number of nitrogens with zero attached hydrogens (tertiary/aromatic N) is 1. The van der Waals surface area contributed by atoms with Gasteiger partial charge in [0, 0.05) is 18.7 Å². The van der Waals surface area contributed by atoms with Crippen molar-refractivity contribution in [1.82, 2.24) is 4.98 Å². The van der Waals surface area contributed by atoms with Gasteiger partial charge in [0.25, 0.3) is 0 Å². The van der Waals surface area contributed by atoms with Gasteiger partial charge in [-0.2, -0.15) is 0 Å². The molecule has 1 aromatic rings. The van der Waals surface area contributed by atoms with E-state index < -0.39 is 30.4 Å². The first-order valence-corrected chi connectivity index (χ1v) is 31.1. The number of hydrogen-bond acceptors (Lipinski definition) is 6. The van der Waals surface area contributed by atoms with E-state index in [1.807, 2.05) is 18.3 Å². The summed E-state index contributed by atoms with van der Waals surface area (Å²) in [6, 6.07) is 6.04. The molecule has 0 aliphatic heterocycles. The lowest BCUT2D eigenvalue weighted by molar-refractivity contribution is -0.153. The van der Waals surface area contributed by atoms with E-state index in [4.69, 9.17) is 13.3 Å². The second kappa shape index (κ2) is 20.6. The highest BCUT2D eigenvalue weighted by Crippen LogP contribution is 2.53. The van der Waals surface area contributed by atoms with Crippen LogP contribution in [-0.4, -0.2) is 65.7 Å². The fraction of sp³-hybridized carbons (Fsp3) is 0.792. The highest BCUT2D eigenvalue weighted by molar-refractivity contribution is 6.75. The molecule has 1 aliphatic rings. The molecule has 1 aromatic heterocycles. The highest BCUT2D eigenvalue weighted by Gasteiger charge is 2.56. The van der Waals surface area contributed by atoms with Crippen LogP contribution in [0, 0.1) is 17.3 Å². The van der Waals surface area contributed by atoms with Crippen LogP contribution in [0.25, 0.3) is 6.08 Å². The number of hydrogen-bond donors (Lipinski definition) is 1. The molecule has 0 saturated heterocycles. The Balaban J connectivity index is 2.38. The third kappa shape index (κ3) is 13.9. The number of aromatic nitrogens is 1. The molecule has 0 spiro atoms. The summed E-state index contributed by atoms with van der Waals surface area (Å²) in [6.07, 6.45) is 13.8. The maximum absolute atomic E-state index is 15.2. The van der Waals surface area contributed by atoms with Crippen LogP contribution >= 0.6 is 0 Å². The minimum absolute atomic E-state index is 0.00503. The SMILES string of the molecule is CCC(C(=O)C1(C(CCO)O[Si](C)(C)C(C)(C)C)CCC1)C(O[Si](C)(C)C(C)(C)C)C(C)CCC/C(C)=C/CC(O[Si](C)(C)C(C)(C)C)/C(C)=C/c1ccccn1. The van der Waals surface area contributed by atoms with Crippen molar-refractivity contribution in [2.75, 3.05) is 6.61 Å². The molecule has 2 rings (SSSR count). The van der Waals surface area contributed by atoms with Gasteiger partial charge in [-0.1, -0.05) is 100 Å². The smallest absolute Gasteiger partial charge is 0.192 e. The van der Waals surface area contributed by atoms with Crippen molar-refractivity contribution in [2.45, 2.75) is 221 Å². The zero-order valence-corrected chi connectivity index (χ0v) is 43.4. The number of carbonyl (C=O) groups excluding carboxylic acids is 1. The molecular weight excluding hydrogens is 755 g/mol. The van der Waals surface area contributed by atoms with Gasteiger partial charge in [-0.3, -0.25) is 9.78 Å². The second-order valence-electron chi connectivity index (χ2n) is 22.3. The normalized spacial score (nSPS) is 19.1. The summed E-state index contributed by atoms with van der Waals surface area (Å²) in [5, 5.41) is 10.5. The molecule has 0 aromatic carbocycles. The topological polar surface area (TPSA) is 77.9 Å². The molecule has 1 fully saturated rings. The van der Waals surface area contributed by atoms with Crippen LogP contribution in [0.1, 0.15) is 153 Å². The van der Waals surface area contributed by atoms with E-state index in [1.54, 1.807) is 0 Å². The van der Waals surface area contributed by atoms with Gasteiger partial charge in [0.1, 0.15) is 5.78 Å². The quantitative estimate of drug-likeness (QED) is 0.0925. The van der Waals surface area contributed by atoms with Crippen LogP contribution in [0.15, 0.2) is 41.6 Å². The summed E-state index contributed by atoms with van der Waals surface area (Å²) < 4.78 is 21.5. The molecule has 5 unspecified atom stereocenters. The first kappa shape index (κ1) is 51.9. The number of pyridine rings is 1. The number of allylic oxidation sites excluding steroid dienone is 1. The summed E-state index contributed by atoms with van der Waals surface area (Å²) in [4.78, 5) is 19.8. The fourth-order valence-electron chi connectivity index (χ4n) is 7.35. The van der Waals surface area contributed by atoms with Gasteiger partial charge in [0.05, 0.1) is 29.4 Å². The minimum Gasteiger partial charge on any atom is -0.413 e. The molecule has 328 valence electrons. The van der Waals surface area contributed by atoms with Crippen molar-refractivity contribution in [3.8, 4) is 0 Å². The molecule has 0 bridgehead atoms. The molecule has 0 amide bonds. The molecule has 1 saturated carbocycles. The van der Waals surface area contributed by atoms with Gasteiger partial charge in [0.15, 0.2) is 25.0 Å². The zero-order chi connectivity index (χ0) is 43.8. The molecule has 0 radical (unpaired) electrons. The van der Waals surface area contributed by atoms with E-state index in [-0.39, 0.29) is 51.9 Å². The van der Waals surface area contributed by atoms with Crippen LogP contribution in [0.3, 0.4) is 0 Å². The molecule has 1 N–H and O–H groups in total. The summed E-state index contributed by atoms with van der Waals surface area (Å²) in [7, 11) is -6.43. The Morgan fingerprint density at radius 3 is 1.86 bits per heavy atom. The Morgan fingerprint density at radius 1 is 0.860 bits per heavy atom. The molecule has 5 atom stereocenters. The van der Waals surface area contributed by atoms with Crippen molar-refractivity contribution in [2.24, 2.45) is 17.3 Å². The minimum atomic E-state index is -2.22. The maximum atomic E-state index is 15.2. The van der Waals surface area contributed by atoms with E-state index >= 15 is 4.79 Å². The number of aliphatic hydroxyl groups excluding tert-OH is 1. The van der Waals surface area contributed by atoms with Crippen molar-refractivity contribution < 1.29 is 23.2 Å². The third-order valence-electron chi connectivity index (χ3n) is 14.7. The van der Waals surface area contributed by atoms with Crippen molar-refractivity contribution in [3.05, 3.63) is 47.3 Å². The van der Waals surface area contributed by atoms with Crippen molar-refractivity contribution in [3.63, 3.8) is 0 Å². The standard InChI is InChI=1S/C48H89NO5Si3/c1-20-40(44(51)48(31-24-32-48)42(30-34-50)53-56(16,17)46(8,9)10)43(54-57(18,19)47(11,12)13)37(3)26-23-25-36(2)28-29-41(52-55(14,15)45(5,6)7)38(4)35-39-27-21-22-33-49-39/h21-22,27-28,33,35,37,40-43,50H,20,23-26,29-32,34H2,1-19H3/b36-28+,38-35+. The van der Waals surface area contributed by atoms with Crippen molar-refractivity contribution >= 4 is 36.8 Å². The highest BCUT2D eigenvalue weighted by atomic mass is 28.4. The first-order valence-electron chi connectivity index (χ1n) is 22.4. The van der Waals surface area contributed by atoms with E-state index in [1.165, 1.54) is 11.1 Å². The largest absolute Gasteiger partial charge is 0.413 e. The average molecular weight is 844 g/mol. The van der Waals surface area contributed by atoms with Gasteiger partial charge in [-0.25, -0.2) is 0 Å². The third-order valence-corrected chi connectivity index (χ3v) is 28.1. The van der Waals surface area contributed by atoms with Gasteiger partial charge < -0.3 is 18.4 Å². The Bertz CT molecular complexity index is 1460. The predicted molar refractivity (Wildman–Crippen MR) is 252 cm³/mol. The van der Waals surface area contributed by atoms with E-state index in [9.17, 15) is 5.11 Å². The number of rotatable bonds is 22. The van der Waals surface area contributed by atoms with Crippen LogP contribution in [-0.2, 0) is 18.1 Å². The zero-order valence-electron chi connectivity index (χ0n) is 40.4. The Kier molecular flexibility index (Phi) is 18.7.